The Kier molecular flexibility index (Phi) is 11.1. The molecule has 0 spiro atoms. The van der Waals surface area contributed by atoms with Gasteiger partial charge >= 0.3 is 10.1 Å². The van der Waals surface area contributed by atoms with Crippen LogP contribution in [0.1, 0.15) is 33.1 Å². The van der Waals surface area contributed by atoms with E-state index in [-0.39, 0.29) is 11.5 Å². The fourth-order valence-corrected chi connectivity index (χ4v) is 6.61. The molecule has 0 radical (unpaired) electrons. The van der Waals surface area contributed by atoms with E-state index in [0.717, 1.165) is 58.2 Å². The maximum atomic E-state index is 11.9. The van der Waals surface area contributed by atoms with Crippen molar-refractivity contribution < 1.29 is 35.5 Å². The average molecular weight is 646 g/mol. The number of likely N-dealkylation sites (tertiary alicyclic amines) is 1. The number of piperidine rings is 1. The van der Waals surface area contributed by atoms with Gasteiger partial charge in [-0.15, -0.1) is 15.7 Å². The minimum atomic E-state index is -3.62. The number of thiophene rings is 1. The SMILES string of the molecule is CCOOSOc1ccc2c(Oc3ccc(OCCN4CCCCC4)cc3)c(-c3ccc(OS(=O)(=O)CC)cc3)sc2c1. The first-order chi connectivity index (χ1) is 20.9. The van der Waals surface area contributed by atoms with Gasteiger partial charge in [0.2, 0.25) is 0 Å². The van der Waals surface area contributed by atoms with Crippen LogP contribution in [0.4, 0.5) is 0 Å². The fourth-order valence-electron chi connectivity index (χ4n) is 4.58. The molecule has 1 saturated heterocycles. The summed E-state index contributed by atoms with van der Waals surface area (Å²) in [5.74, 6) is 2.88. The first-order valence-electron chi connectivity index (χ1n) is 14.3. The van der Waals surface area contributed by atoms with E-state index < -0.39 is 10.1 Å². The molecule has 0 N–H and O–H groups in total. The van der Waals surface area contributed by atoms with Gasteiger partial charge in [-0.25, -0.2) is 4.89 Å². The molecule has 5 rings (SSSR count). The molecule has 1 fully saturated rings. The van der Waals surface area contributed by atoms with Crippen molar-refractivity contribution in [3.05, 3.63) is 66.7 Å². The van der Waals surface area contributed by atoms with Crippen LogP contribution in [-0.2, 0) is 19.3 Å². The normalized spacial score (nSPS) is 14.1. The lowest BCUT2D eigenvalue weighted by Gasteiger charge is -2.26. The molecule has 230 valence electrons. The van der Waals surface area contributed by atoms with Crippen LogP contribution in [-0.4, -0.2) is 51.9 Å². The number of nitrogens with zero attached hydrogens (tertiary/aromatic N) is 1. The van der Waals surface area contributed by atoms with Gasteiger partial charge in [0, 0.05) is 16.6 Å². The van der Waals surface area contributed by atoms with E-state index >= 15 is 0 Å². The molecule has 0 amide bonds. The highest BCUT2D eigenvalue weighted by molar-refractivity contribution is 7.90. The van der Waals surface area contributed by atoms with E-state index in [2.05, 4.69) is 4.90 Å². The van der Waals surface area contributed by atoms with E-state index in [1.165, 1.54) is 37.5 Å². The van der Waals surface area contributed by atoms with Crippen molar-refractivity contribution in [3.8, 4) is 39.2 Å². The highest BCUT2D eigenvalue weighted by Gasteiger charge is 2.19. The van der Waals surface area contributed by atoms with Gasteiger partial charge in [-0.3, -0.25) is 4.90 Å². The van der Waals surface area contributed by atoms with Gasteiger partial charge in [0.15, 0.2) is 5.75 Å². The van der Waals surface area contributed by atoms with Gasteiger partial charge in [0.25, 0.3) is 12.3 Å². The lowest BCUT2D eigenvalue weighted by atomic mass is 10.1. The molecule has 4 aromatic rings. The minimum absolute atomic E-state index is 0.108. The lowest BCUT2D eigenvalue weighted by molar-refractivity contribution is -0.189. The van der Waals surface area contributed by atoms with Crippen LogP contribution in [0.25, 0.3) is 20.5 Å². The first-order valence-corrected chi connectivity index (χ1v) is 17.3. The Hall–Kier alpha value is -3.00. The van der Waals surface area contributed by atoms with Crippen LogP contribution in [0.5, 0.6) is 28.7 Å². The smallest absolute Gasteiger partial charge is 0.308 e. The summed E-state index contributed by atoms with van der Waals surface area (Å²) in [5.41, 5.74) is 0.853. The third kappa shape index (κ3) is 8.78. The van der Waals surface area contributed by atoms with E-state index in [1.54, 1.807) is 12.1 Å². The lowest BCUT2D eigenvalue weighted by Crippen LogP contribution is -2.33. The summed E-state index contributed by atoms with van der Waals surface area (Å²) in [6.07, 6.45) is 3.85. The van der Waals surface area contributed by atoms with Crippen LogP contribution in [0.15, 0.2) is 66.7 Å². The number of rotatable bonds is 15. The van der Waals surface area contributed by atoms with E-state index in [0.29, 0.717) is 30.5 Å². The molecule has 0 unspecified atom stereocenters. The van der Waals surface area contributed by atoms with Crippen molar-refractivity contribution in [2.45, 2.75) is 33.1 Å². The fraction of sp³-hybridized carbons (Fsp3) is 0.355. The van der Waals surface area contributed by atoms with Crippen LogP contribution >= 0.6 is 23.7 Å². The second kappa shape index (κ2) is 15.1. The van der Waals surface area contributed by atoms with Crippen LogP contribution in [0, 0.1) is 0 Å². The molecule has 1 aliphatic heterocycles. The van der Waals surface area contributed by atoms with Crippen molar-refractivity contribution in [2.24, 2.45) is 0 Å². The van der Waals surface area contributed by atoms with Gasteiger partial charge in [-0.1, -0.05) is 6.42 Å². The standard InChI is InChI=1S/C31H35NO8S3/c1-3-36-40-42-38-27-16-17-28-29(22-27)41-31(23-8-10-26(11-9-23)39-43(33,34)4-2)30(28)37-25-14-12-24(13-15-25)35-21-20-32-18-6-5-7-19-32/h8-17,22H,3-7,18-21H2,1-2H3. The molecule has 2 heterocycles. The largest absolute Gasteiger partial charge is 0.492 e. The Labute approximate surface area is 261 Å². The Morgan fingerprint density at radius 1 is 0.860 bits per heavy atom. The summed E-state index contributed by atoms with van der Waals surface area (Å²) in [6, 6.07) is 20.2. The Balaban J connectivity index is 1.35. The van der Waals surface area contributed by atoms with Crippen molar-refractivity contribution in [1.82, 2.24) is 4.90 Å². The summed E-state index contributed by atoms with van der Waals surface area (Å²) in [7, 11) is -3.62. The summed E-state index contributed by atoms with van der Waals surface area (Å²) >= 11 is 2.28. The second-order valence-electron chi connectivity index (χ2n) is 9.82. The van der Waals surface area contributed by atoms with Crippen molar-refractivity contribution in [1.29, 1.82) is 0 Å². The minimum Gasteiger partial charge on any atom is -0.492 e. The van der Waals surface area contributed by atoms with E-state index in [9.17, 15) is 8.42 Å². The molecular weight excluding hydrogens is 611 g/mol. The molecule has 12 heteroatoms. The van der Waals surface area contributed by atoms with Crippen molar-refractivity contribution in [2.75, 3.05) is 38.6 Å². The second-order valence-corrected chi connectivity index (χ2v) is 13.2. The zero-order valence-corrected chi connectivity index (χ0v) is 26.6. The highest BCUT2D eigenvalue weighted by atomic mass is 32.2. The summed E-state index contributed by atoms with van der Waals surface area (Å²) < 4.78 is 52.9. The number of hydrogen-bond acceptors (Lipinski definition) is 11. The molecule has 0 aliphatic carbocycles. The molecule has 0 saturated carbocycles. The molecular formula is C31H35NO8S3. The Morgan fingerprint density at radius 3 is 2.28 bits per heavy atom. The van der Waals surface area contributed by atoms with Gasteiger partial charge in [-0.2, -0.15) is 8.42 Å². The maximum Gasteiger partial charge on any atom is 0.308 e. The summed E-state index contributed by atoms with van der Waals surface area (Å²) in [4.78, 5) is 8.18. The number of hydrogen-bond donors (Lipinski definition) is 0. The third-order valence-electron chi connectivity index (χ3n) is 6.80. The highest BCUT2D eigenvalue weighted by Crippen LogP contribution is 2.47. The van der Waals surface area contributed by atoms with Crippen LogP contribution in [0.2, 0.25) is 0 Å². The Morgan fingerprint density at radius 2 is 1.56 bits per heavy atom. The van der Waals surface area contributed by atoms with Crippen molar-refractivity contribution >= 4 is 43.9 Å². The zero-order valence-electron chi connectivity index (χ0n) is 24.2. The van der Waals surface area contributed by atoms with Gasteiger partial charge in [-0.05, 0) is 112 Å². The van der Waals surface area contributed by atoms with E-state index in [4.69, 9.17) is 27.1 Å². The molecule has 0 atom stereocenters. The van der Waals surface area contributed by atoms with Crippen molar-refractivity contribution in [3.63, 3.8) is 0 Å². The molecule has 9 nitrogen and oxygen atoms in total. The number of fused-ring (bicyclic) bond motifs is 1. The quantitative estimate of drug-likeness (QED) is 0.0418. The summed E-state index contributed by atoms with van der Waals surface area (Å²) in [6.45, 7) is 7.64. The van der Waals surface area contributed by atoms with Gasteiger partial charge in [0.05, 0.1) is 17.2 Å². The van der Waals surface area contributed by atoms with Gasteiger partial charge in [0.1, 0.15) is 29.6 Å². The zero-order chi connectivity index (χ0) is 30.1. The van der Waals surface area contributed by atoms with Crippen LogP contribution < -0.4 is 17.8 Å². The number of ether oxygens (including phenoxy) is 2. The monoisotopic (exact) mass is 645 g/mol. The first kappa shape index (κ1) is 31.4. The molecule has 43 heavy (non-hydrogen) atoms. The molecule has 0 bridgehead atoms. The van der Waals surface area contributed by atoms with E-state index in [1.807, 2.05) is 61.5 Å². The average Bonchev–Trinajstić information content (AvgIpc) is 3.38. The Bertz CT molecular complexity index is 1570. The molecule has 3 aromatic carbocycles. The van der Waals surface area contributed by atoms with Crippen LogP contribution in [0.3, 0.4) is 0 Å². The topological polar surface area (TPSA) is 92.8 Å². The maximum absolute atomic E-state index is 11.9. The predicted molar refractivity (Wildman–Crippen MR) is 171 cm³/mol. The predicted octanol–water partition coefficient (Wildman–Crippen LogP) is 7.86. The third-order valence-corrected chi connectivity index (χ3v) is 9.55. The molecule has 1 aromatic heterocycles. The number of benzene rings is 3. The summed E-state index contributed by atoms with van der Waals surface area (Å²) in [5, 5.41) is 0.902. The van der Waals surface area contributed by atoms with Gasteiger partial charge < -0.3 is 17.8 Å². The molecule has 1 aliphatic rings.